The molecule has 6 nitrogen and oxygen atoms in total. The highest BCUT2D eigenvalue weighted by atomic mass is 16.5. The fraction of sp³-hybridized carbons (Fsp3) is 0.857. The Morgan fingerprint density at radius 3 is 3.15 bits per heavy atom. The first-order valence-electron chi connectivity index (χ1n) is 7.66. The monoisotopic (exact) mass is 281 g/mol. The number of ether oxygens (including phenoxy) is 1. The third kappa shape index (κ3) is 4.85. The van der Waals surface area contributed by atoms with Crippen molar-refractivity contribution in [2.24, 2.45) is 0 Å². The van der Waals surface area contributed by atoms with Gasteiger partial charge in [0.15, 0.2) is 0 Å². The Balaban J connectivity index is 1.70. The fourth-order valence-electron chi connectivity index (χ4n) is 2.57. The second kappa shape index (κ2) is 8.34. The summed E-state index contributed by atoms with van der Waals surface area (Å²) in [6.45, 7) is 8.12. The van der Waals surface area contributed by atoms with Gasteiger partial charge in [0.05, 0.1) is 18.3 Å². The van der Waals surface area contributed by atoms with Crippen molar-refractivity contribution in [2.45, 2.75) is 45.4 Å². The third-order valence-electron chi connectivity index (χ3n) is 3.76. The lowest BCUT2D eigenvalue weighted by atomic mass is 10.1. The van der Waals surface area contributed by atoms with Crippen LogP contribution in [-0.4, -0.2) is 59.3 Å². The van der Waals surface area contributed by atoms with Crippen molar-refractivity contribution < 1.29 is 4.74 Å². The summed E-state index contributed by atoms with van der Waals surface area (Å²) in [6, 6.07) is 0. The topological polar surface area (TPSA) is 55.2 Å². The van der Waals surface area contributed by atoms with Crippen LogP contribution >= 0.6 is 0 Å². The van der Waals surface area contributed by atoms with Crippen LogP contribution in [0.5, 0.6) is 0 Å². The largest absolute Gasteiger partial charge is 0.380 e. The van der Waals surface area contributed by atoms with Crippen LogP contribution in [0.4, 0.5) is 0 Å². The van der Waals surface area contributed by atoms with Crippen molar-refractivity contribution in [1.82, 2.24) is 25.2 Å². The molecule has 0 spiro atoms. The zero-order valence-corrected chi connectivity index (χ0v) is 12.7. The number of rotatable bonds is 8. The minimum atomic E-state index is 0.397. The van der Waals surface area contributed by atoms with Crippen molar-refractivity contribution in [3.63, 3.8) is 0 Å². The van der Waals surface area contributed by atoms with Gasteiger partial charge in [0, 0.05) is 32.9 Å². The second-order valence-corrected chi connectivity index (χ2v) is 5.45. The summed E-state index contributed by atoms with van der Waals surface area (Å²) in [4.78, 5) is 2.45. The van der Waals surface area contributed by atoms with Gasteiger partial charge in [0.1, 0.15) is 0 Å². The summed E-state index contributed by atoms with van der Waals surface area (Å²) in [5.41, 5.74) is 1.02. The van der Waals surface area contributed by atoms with Crippen LogP contribution in [0.25, 0.3) is 0 Å². The molecule has 0 aliphatic carbocycles. The highest BCUT2D eigenvalue weighted by Gasteiger charge is 2.18. The van der Waals surface area contributed by atoms with Crippen LogP contribution < -0.4 is 5.32 Å². The van der Waals surface area contributed by atoms with E-state index in [-0.39, 0.29) is 0 Å². The lowest BCUT2D eigenvalue weighted by Gasteiger charge is -2.31. The van der Waals surface area contributed by atoms with Gasteiger partial charge < -0.3 is 10.1 Å². The molecule has 1 aliphatic rings. The van der Waals surface area contributed by atoms with E-state index in [1.54, 1.807) is 7.11 Å². The maximum atomic E-state index is 5.45. The van der Waals surface area contributed by atoms with Crippen LogP contribution in [0.1, 0.15) is 31.9 Å². The standard InChI is InChI=1S/C14H27N5O/c1-3-6-15-10-13-11-19(17-16-13)9-8-18-7-4-5-14(12-18)20-2/h11,14-15H,3-10,12H2,1-2H3. The number of likely N-dealkylation sites (tertiary alicyclic amines) is 1. The van der Waals surface area contributed by atoms with Gasteiger partial charge in [-0.05, 0) is 32.4 Å². The Kier molecular flexibility index (Phi) is 6.42. The summed E-state index contributed by atoms with van der Waals surface area (Å²) in [6.07, 6.45) is 5.99. The van der Waals surface area contributed by atoms with Gasteiger partial charge in [-0.2, -0.15) is 0 Å². The molecule has 0 amide bonds. The van der Waals surface area contributed by atoms with E-state index in [1.807, 2.05) is 10.9 Å². The third-order valence-corrected chi connectivity index (χ3v) is 3.76. The number of piperidine rings is 1. The maximum absolute atomic E-state index is 5.45. The van der Waals surface area contributed by atoms with Crippen LogP contribution in [0, 0.1) is 0 Å². The average molecular weight is 281 g/mol. The zero-order chi connectivity index (χ0) is 14.2. The predicted molar refractivity (Wildman–Crippen MR) is 78.5 cm³/mol. The number of aromatic nitrogens is 3. The number of nitrogens with one attached hydrogen (secondary N) is 1. The molecule has 0 radical (unpaired) electrons. The molecule has 1 aliphatic heterocycles. The summed E-state index contributed by atoms with van der Waals surface area (Å²) in [7, 11) is 1.81. The minimum Gasteiger partial charge on any atom is -0.380 e. The zero-order valence-electron chi connectivity index (χ0n) is 12.7. The van der Waals surface area contributed by atoms with E-state index in [1.165, 1.54) is 19.4 Å². The van der Waals surface area contributed by atoms with Crippen molar-refractivity contribution >= 4 is 0 Å². The van der Waals surface area contributed by atoms with E-state index >= 15 is 0 Å². The van der Waals surface area contributed by atoms with Gasteiger partial charge in [-0.1, -0.05) is 12.1 Å². The summed E-state index contributed by atoms with van der Waals surface area (Å²) in [5, 5.41) is 11.7. The van der Waals surface area contributed by atoms with Crippen LogP contribution in [-0.2, 0) is 17.8 Å². The summed E-state index contributed by atoms with van der Waals surface area (Å²) < 4.78 is 7.39. The van der Waals surface area contributed by atoms with E-state index in [0.717, 1.165) is 44.8 Å². The molecule has 1 unspecified atom stereocenters. The van der Waals surface area contributed by atoms with Crippen LogP contribution in [0.15, 0.2) is 6.20 Å². The van der Waals surface area contributed by atoms with Crippen molar-refractivity contribution in [1.29, 1.82) is 0 Å². The minimum absolute atomic E-state index is 0.397. The van der Waals surface area contributed by atoms with E-state index < -0.39 is 0 Å². The molecule has 1 N–H and O–H groups in total. The normalized spacial score (nSPS) is 20.4. The molecule has 1 fully saturated rings. The van der Waals surface area contributed by atoms with Crippen molar-refractivity contribution in [3.05, 3.63) is 11.9 Å². The summed E-state index contributed by atoms with van der Waals surface area (Å²) >= 11 is 0. The Hall–Kier alpha value is -0.980. The van der Waals surface area contributed by atoms with Gasteiger partial charge in [0.25, 0.3) is 0 Å². The first-order chi connectivity index (χ1) is 9.81. The molecule has 1 aromatic heterocycles. The van der Waals surface area contributed by atoms with E-state index in [4.69, 9.17) is 4.74 Å². The first kappa shape index (κ1) is 15.4. The number of hydrogen-bond donors (Lipinski definition) is 1. The van der Waals surface area contributed by atoms with Gasteiger partial charge in [-0.15, -0.1) is 5.10 Å². The molecule has 1 aromatic rings. The molecule has 1 saturated heterocycles. The van der Waals surface area contributed by atoms with Crippen molar-refractivity contribution in [3.8, 4) is 0 Å². The predicted octanol–water partition coefficient (Wildman–Crippen LogP) is 0.889. The molecular formula is C14H27N5O. The maximum Gasteiger partial charge on any atom is 0.0964 e. The molecule has 2 heterocycles. The lowest BCUT2D eigenvalue weighted by Crippen LogP contribution is -2.40. The molecule has 6 heteroatoms. The molecular weight excluding hydrogens is 254 g/mol. The number of methoxy groups -OCH3 is 1. The van der Waals surface area contributed by atoms with Gasteiger partial charge in [0.2, 0.25) is 0 Å². The molecule has 2 rings (SSSR count). The quantitative estimate of drug-likeness (QED) is 0.717. The molecule has 0 saturated carbocycles. The average Bonchev–Trinajstić information content (AvgIpc) is 2.94. The van der Waals surface area contributed by atoms with Crippen LogP contribution in [0.3, 0.4) is 0 Å². The fourth-order valence-corrected chi connectivity index (χ4v) is 2.57. The molecule has 1 atom stereocenters. The SMILES string of the molecule is CCCNCc1cn(CCN2CCCC(OC)C2)nn1. The Morgan fingerprint density at radius 2 is 2.35 bits per heavy atom. The van der Waals surface area contributed by atoms with Gasteiger partial charge >= 0.3 is 0 Å². The Bertz CT molecular complexity index is 381. The van der Waals surface area contributed by atoms with Crippen LogP contribution in [0.2, 0.25) is 0 Å². The molecule has 0 aromatic carbocycles. The Labute approximate surface area is 121 Å². The molecule has 0 bridgehead atoms. The lowest BCUT2D eigenvalue weighted by molar-refractivity contribution is 0.0299. The summed E-state index contributed by atoms with van der Waals surface area (Å²) in [5.74, 6) is 0. The second-order valence-electron chi connectivity index (χ2n) is 5.45. The molecule has 20 heavy (non-hydrogen) atoms. The molecule has 114 valence electrons. The highest BCUT2D eigenvalue weighted by molar-refractivity contribution is 4.91. The van der Waals surface area contributed by atoms with Gasteiger partial charge in [-0.25, -0.2) is 0 Å². The van der Waals surface area contributed by atoms with Gasteiger partial charge in [-0.3, -0.25) is 9.58 Å². The van der Waals surface area contributed by atoms with E-state index in [9.17, 15) is 0 Å². The highest BCUT2D eigenvalue weighted by Crippen LogP contribution is 2.12. The first-order valence-corrected chi connectivity index (χ1v) is 7.66. The van der Waals surface area contributed by atoms with E-state index in [0.29, 0.717) is 6.10 Å². The Morgan fingerprint density at radius 1 is 1.45 bits per heavy atom. The van der Waals surface area contributed by atoms with Crippen molar-refractivity contribution in [2.75, 3.05) is 33.3 Å². The number of nitrogens with zero attached hydrogens (tertiary/aromatic N) is 4. The number of hydrogen-bond acceptors (Lipinski definition) is 5. The smallest absolute Gasteiger partial charge is 0.0964 e. The van der Waals surface area contributed by atoms with E-state index in [2.05, 4.69) is 27.5 Å².